The fourth-order valence-electron chi connectivity index (χ4n) is 2.48. The van der Waals surface area contributed by atoms with Gasteiger partial charge in [-0.25, -0.2) is 12.8 Å². The van der Waals surface area contributed by atoms with Crippen LogP contribution in [0.15, 0.2) is 35.2 Å². The van der Waals surface area contributed by atoms with Gasteiger partial charge in [-0.15, -0.1) is 0 Å². The molecule has 124 valence electrons. The summed E-state index contributed by atoms with van der Waals surface area (Å²) in [6, 6.07) is 8.23. The molecule has 2 aromatic carbocycles. The summed E-state index contributed by atoms with van der Waals surface area (Å²) in [5.74, 6) is -1.05. The maximum Gasteiger partial charge on any atom is 0.264 e. The van der Waals surface area contributed by atoms with Crippen molar-refractivity contribution in [2.45, 2.75) is 4.90 Å². The van der Waals surface area contributed by atoms with Crippen LogP contribution in [-0.2, 0) is 9.05 Å². The average molecular weight is 369 g/mol. The van der Waals surface area contributed by atoms with Crippen LogP contribution in [0.3, 0.4) is 0 Å². The molecule has 6 nitrogen and oxygen atoms in total. The number of aromatic hydroxyl groups is 1. The summed E-state index contributed by atoms with van der Waals surface area (Å²) < 4.78 is 42.3. The fraction of sp³-hybridized carbons (Fsp3) is 0.133. The number of halogens is 2. The van der Waals surface area contributed by atoms with Gasteiger partial charge < -0.3 is 14.7 Å². The van der Waals surface area contributed by atoms with Crippen LogP contribution < -0.4 is 9.64 Å². The molecule has 0 aliphatic carbocycles. The Bertz CT molecular complexity index is 972. The van der Waals surface area contributed by atoms with Crippen LogP contribution in [0, 0.1) is 17.1 Å². The van der Waals surface area contributed by atoms with E-state index in [1.165, 1.54) is 18.2 Å². The van der Waals surface area contributed by atoms with Crippen LogP contribution in [0.4, 0.5) is 15.8 Å². The van der Waals surface area contributed by atoms with Crippen molar-refractivity contribution in [3.05, 3.63) is 41.7 Å². The van der Waals surface area contributed by atoms with Crippen molar-refractivity contribution in [3.63, 3.8) is 0 Å². The minimum atomic E-state index is -4.25. The smallest absolute Gasteiger partial charge is 0.264 e. The number of rotatable bonds is 2. The van der Waals surface area contributed by atoms with Crippen molar-refractivity contribution in [2.24, 2.45) is 0 Å². The Hall–Kier alpha value is -2.50. The molecule has 0 spiro atoms. The zero-order chi connectivity index (χ0) is 17.5. The van der Waals surface area contributed by atoms with E-state index in [0.29, 0.717) is 12.2 Å². The maximum absolute atomic E-state index is 14.1. The second-order valence-electron chi connectivity index (χ2n) is 5.00. The lowest BCUT2D eigenvalue weighted by molar-refractivity contribution is 0.311. The Balaban J connectivity index is 2.14. The summed E-state index contributed by atoms with van der Waals surface area (Å²) >= 11 is 0. The van der Waals surface area contributed by atoms with Crippen molar-refractivity contribution in [1.82, 2.24) is 0 Å². The Morgan fingerprint density at radius 1 is 1.29 bits per heavy atom. The molecule has 0 amide bonds. The lowest BCUT2D eigenvalue weighted by atomic mass is 10.1. The topological polar surface area (TPSA) is 90.6 Å². The first-order valence-corrected chi connectivity index (χ1v) is 9.04. The molecule has 24 heavy (non-hydrogen) atoms. The molecule has 0 fully saturated rings. The highest BCUT2D eigenvalue weighted by Gasteiger charge is 2.27. The Labute approximate surface area is 141 Å². The van der Waals surface area contributed by atoms with E-state index < -0.39 is 19.8 Å². The number of hydrogen-bond acceptors (Lipinski definition) is 6. The Kier molecular flexibility index (Phi) is 3.99. The van der Waals surface area contributed by atoms with Crippen LogP contribution in [0.2, 0.25) is 0 Å². The molecule has 0 saturated heterocycles. The average Bonchev–Trinajstić information content (AvgIpc) is 2.53. The molecule has 0 saturated carbocycles. The summed E-state index contributed by atoms with van der Waals surface area (Å²) in [5.41, 5.74) is 0.877. The Morgan fingerprint density at radius 2 is 2.04 bits per heavy atom. The van der Waals surface area contributed by atoms with E-state index in [2.05, 4.69) is 0 Å². The van der Waals surface area contributed by atoms with Gasteiger partial charge in [-0.05, 0) is 18.2 Å². The molecule has 0 bridgehead atoms. The normalized spacial score (nSPS) is 13.8. The van der Waals surface area contributed by atoms with E-state index >= 15 is 0 Å². The summed E-state index contributed by atoms with van der Waals surface area (Å²) in [6.45, 7) is 0.499. The lowest BCUT2D eigenvalue weighted by Gasteiger charge is -2.32. The van der Waals surface area contributed by atoms with Gasteiger partial charge in [0.1, 0.15) is 28.8 Å². The number of hydrogen-bond donors (Lipinski definition) is 1. The lowest BCUT2D eigenvalue weighted by Crippen LogP contribution is -2.29. The molecule has 1 aliphatic heterocycles. The van der Waals surface area contributed by atoms with Gasteiger partial charge in [0.2, 0.25) is 0 Å². The van der Waals surface area contributed by atoms with Gasteiger partial charge in [0, 0.05) is 22.8 Å². The van der Waals surface area contributed by atoms with Crippen LogP contribution in [0.25, 0.3) is 0 Å². The first kappa shape index (κ1) is 16.4. The molecule has 9 heteroatoms. The van der Waals surface area contributed by atoms with Gasteiger partial charge >= 0.3 is 0 Å². The van der Waals surface area contributed by atoms with Crippen molar-refractivity contribution >= 4 is 31.1 Å². The molecule has 0 atom stereocenters. The second kappa shape index (κ2) is 5.85. The SMILES string of the molecule is N#Cc1ccc(N2CCOc3cc(S(=O)(=O)Cl)c(F)cc32)c(O)c1. The number of ether oxygens (including phenoxy) is 1. The number of phenols is 1. The van der Waals surface area contributed by atoms with Gasteiger partial charge in [0.15, 0.2) is 0 Å². The molecule has 0 aromatic heterocycles. The number of nitriles is 1. The molecular formula is C15H10ClFN2O4S. The molecule has 0 radical (unpaired) electrons. The minimum absolute atomic E-state index is 0.130. The third-order valence-electron chi connectivity index (χ3n) is 3.53. The molecular weight excluding hydrogens is 359 g/mol. The van der Waals surface area contributed by atoms with Gasteiger partial charge in [-0.2, -0.15) is 5.26 Å². The summed E-state index contributed by atoms with van der Waals surface area (Å²) in [7, 11) is 0.958. The van der Waals surface area contributed by atoms with Gasteiger partial charge in [0.05, 0.1) is 29.6 Å². The summed E-state index contributed by atoms with van der Waals surface area (Å²) in [5, 5.41) is 19.0. The van der Waals surface area contributed by atoms with Crippen molar-refractivity contribution < 1.29 is 22.7 Å². The number of anilines is 2. The van der Waals surface area contributed by atoms with Gasteiger partial charge in [-0.1, -0.05) is 0 Å². The molecule has 1 heterocycles. The first-order valence-electron chi connectivity index (χ1n) is 6.73. The largest absolute Gasteiger partial charge is 0.506 e. The predicted octanol–water partition coefficient (Wildman–Crippen LogP) is 2.86. The van der Waals surface area contributed by atoms with Crippen LogP contribution >= 0.6 is 10.7 Å². The highest BCUT2D eigenvalue weighted by molar-refractivity contribution is 8.13. The zero-order valence-corrected chi connectivity index (χ0v) is 13.6. The zero-order valence-electron chi connectivity index (χ0n) is 12.0. The number of phenolic OH excluding ortho intramolecular Hbond substituents is 1. The Morgan fingerprint density at radius 3 is 2.67 bits per heavy atom. The van der Waals surface area contributed by atoms with E-state index in [4.69, 9.17) is 20.7 Å². The molecule has 3 rings (SSSR count). The standard InChI is InChI=1S/C15H10ClFN2O4S/c16-24(21,22)15-7-14-12(6-10(15)17)19(3-4-23-14)11-2-1-9(8-18)5-13(11)20/h1-2,5-7,20H,3-4H2. The number of fused-ring (bicyclic) bond motifs is 1. The van der Waals surface area contributed by atoms with Crippen molar-refractivity contribution in [1.29, 1.82) is 5.26 Å². The quantitative estimate of drug-likeness (QED) is 0.820. The minimum Gasteiger partial charge on any atom is -0.506 e. The monoisotopic (exact) mass is 368 g/mol. The van der Waals surface area contributed by atoms with Crippen molar-refractivity contribution in [3.8, 4) is 17.6 Å². The molecule has 1 N–H and O–H groups in total. The first-order chi connectivity index (χ1) is 11.3. The van der Waals surface area contributed by atoms with Crippen LogP contribution in [0.1, 0.15) is 5.56 Å². The summed E-state index contributed by atoms with van der Waals surface area (Å²) in [4.78, 5) is 0.900. The van der Waals surface area contributed by atoms with Crippen LogP contribution in [0.5, 0.6) is 11.5 Å². The maximum atomic E-state index is 14.1. The van der Waals surface area contributed by atoms with E-state index in [-0.39, 0.29) is 29.4 Å². The van der Waals surface area contributed by atoms with E-state index in [9.17, 15) is 17.9 Å². The number of benzene rings is 2. The highest BCUT2D eigenvalue weighted by Crippen LogP contribution is 2.42. The summed E-state index contributed by atoms with van der Waals surface area (Å²) in [6.07, 6.45) is 0. The molecule has 1 aliphatic rings. The van der Waals surface area contributed by atoms with E-state index in [0.717, 1.165) is 12.1 Å². The van der Waals surface area contributed by atoms with Gasteiger partial charge in [-0.3, -0.25) is 0 Å². The molecule has 0 unspecified atom stereocenters. The fourth-order valence-corrected chi connectivity index (χ4v) is 3.37. The van der Waals surface area contributed by atoms with Gasteiger partial charge in [0.25, 0.3) is 9.05 Å². The number of nitrogens with zero attached hydrogens (tertiary/aromatic N) is 2. The second-order valence-corrected chi connectivity index (χ2v) is 7.54. The predicted molar refractivity (Wildman–Crippen MR) is 84.8 cm³/mol. The molecule has 2 aromatic rings. The van der Waals surface area contributed by atoms with E-state index in [1.807, 2.05) is 6.07 Å². The third kappa shape index (κ3) is 2.84. The van der Waals surface area contributed by atoms with Crippen LogP contribution in [-0.4, -0.2) is 26.7 Å². The third-order valence-corrected chi connectivity index (χ3v) is 4.87. The van der Waals surface area contributed by atoms with E-state index in [1.54, 1.807) is 4.90 Å². The van der Waals surface area contributed by atoms with Crippen molar-refractivity contribution in [2.75, 3.05) is 18.1 Å². The highest BCUT2D eigenvalue weighted by atomic mass is 35.7.